The molecule has 0 spiro atoms. The van der Waals surface area contributed by atoms with Crippen LogP contribution in [0.4, 0.5) is 5.69 Å². The average Bonchev–Trinajstić information content (AvgIpc) is 4.13. The number of ether oxygens (including phenoxy) is 5. The fourth-order valence-corrected chi connectivity index (χ4v) is 8.50. The van der Waals surface area contributed by atoms with Gasteiger partial charge in [-0.05, 0) is 66.7 Å². The first-order chi connectivity index (χ1) is 28.5. The second-order valence-electron chi connectivity index (χ2n) is 14.0. The van der Waals surface area contributed by atoms with Gasteiger partial charge in [0, 0.05) is 78.2 Å². The van der Waals surface area contributed by atoms with Crippen LogP contribution in [0, 0.1) is 0 Å². The first-order valence-corrected chi connectivity index (χ1v) is 18.9. The molecule has 0 atom stereocenters. The molecule has 8 bridgehead atoms. The third kappa shape index (κ3) is 5.38. The van der Waals surface area contributed by atoms with Crippen molar-refractivity contribution in [1.82, 2.24) is 15.0 Å². The molecular formula is C49H38N4O5. The van der Waals surface area contributed by atoms with Crippen molar-refractivity contribution in [2.75, 3.05) is 35.5 Å². The summed E-state index contributed by atoms with van der Waals surface area (Å²) in [6.45, 7) is 0. The number of aromatic nitrogens is 3. The van der Waals surface area contributed by atoms with Gasteiger partial charge in [-0.3, -0.25) is 0 Å². The molecule has 0 radical (unpaired) electrons. The summed E-state index contributed by atoms with van der Waals surface area (Å²) in [5.74, 6) is 3.54. The summed E-state index contributed by atoms with van der Waals surface area (Å²) in [4.78, 5) is 18.5. The number of methoxy groups -OCH3 is 5. The lowest BCUT2D eigenvalue weighted by atomic mass is 10.0. The van der Waals surface area contributed by atoms with Crippen LogP contribution < -0.4 is 23.7 Å². The minimum absolute atomic E-state index is 0.670. The lowest BCUT2D eigenvalue weighted by molar-refractivity contribution is 0.394. The van der Waals surface area contributed by atoms with E-state index in [4.69, 9.17) is 33.7 Å². The maximum Gasteiger partial charge on any atom is 0.132 e. The Morgan fingerprint density at radius 2 is 0.862 bits per heavy atom. The van der Waals surface area contributed by atoms with Gasteiger partial charge in [-0.2, -0.15) is 0 Å². The molecule has 7 aromatic rings. The van der Waals surface area contributed by atoms with Gasteiger partial charge in [0.1, 0.15) is 28.7 Å². The number of nitrogens with zero attached hydrogens (tertiary/aromatic N) is 2. The first kappa shape index (κ1) is 34.9. The lowest BCUT2D eigenvalue weighted by Crippen LogP contribution is -1.99. The summed E-state index contributed by atoms with van der Waals surface area (Å²) in [5, 5.41) is 0. The number of benzene rings is 4. The number of nitrogens with one attached hydrogen (secondary N) is 2. The van der Waals surface area contributed by atoms with E-state index in [1.807, 2.05) is 60.7 Å². The maximum absolute atomic E-state index is 6.06. The Morgan fingerprint density at radius 1 is 0.397 bits per heavy atom. The van der Waals surface area contributed by atoms with Crippen LogP contribution in [-0.4, -0.2) is 56.2 Å². The lowest BCUT2D eigenvalue weighted by Gasteiger charge is -2.12. The molecule has 10 rings (SSSR count). The predicted octanol–water partition coefficient (Wildman–Crippen LogP) is 11.3. The zero-order chi connectivity index (χ0) is 39.5. The average molecular weight is 763 g/mol. The molecule has 0 amide bonds. The van der Waals surface area contributed by atoms with E-state index in [1.54, 1.807) is 35.5 Å². The SMILES string of the molecule is COc1cc(OC)c2c(c1)-c1c3cc(c(-c4ccccc4OC)c4ccc([nH]4)c(-c4ccccc4OC)c4nc(c(-c5ccccc5OC)c5ccc1[nH]5)C=C4)N=C32. The van der Waals surface area contributed by atoms with Crippen LogP contribution in [-0.2, 0) is 0 Å². The van der Waals surface area contributed by atoms with Gasteiger partial charge >= 0.3 is 0 Å². The maximum atomic E-state index is 6.06. The van der Waals surface area contributed by atoms with Crippen LogP contribution in [0.15, 0.2) is 120 Å². The highest BCUT2D eigenvalue weighted by atomic mass is 16.5. The second kappa shape index (κ2) is 13.9. The van der Waals surface area contributed by atoms with Crippen LogP contribution >= 0.6 is 0 Å². The van der Waals surface area contributed by atoms with Crippen molar-refractivity contribution in [3.63, 3.8) is 0 Å². The summed E-state index contributed by atoms with van der Waals surface area (Å²) in [6.07, 6.45) is 4.14. The number of aromatic amines is 2. The second-order valence-corrected chi connectivity index (χ2v) is 14.0. The Morgan fingerprint density at radius 3 is 1.36 bits per heavy atom. The number of H-pyrrole nitrogens is 2. The van der Waals surface area contributed by atoms with Crippen LogP contribution in [0.1, 0.15) is 22.5 Å². The number of hydrogen-bond acceptors (Lipinski definition) is 7. The molecule has 9 nitrogen and oxygen atoms in total. The summed E-state index contributed by atoms with van der Waals surface area (Å²) in [5.41, 5.74) is 15.8. The molecule has 9 heteroatoms. The number of hydrogen-bond donors (Lipinski definition) is 2. The van der Waals surface area contributed by atoms with Gasteiger partial charge in [-0.25, -0.2) is 9.98 Å². The quantitative estimate of drug-likeness (QED) is 0.160. The topological polar surface area (TPSA) is 103 Å². The van der Waals surface area contributed by atoms with Crippen molar-refractivity contribution >= 4 is 45.6 Å². The summed E-state index contributed by atoms with van der Waals surface area (Å²) < 4.78 is 29.8. The molecular weight excluding hydrogens is 725 g/mol. The fourth-order valence-electron chi connectivity index (χ4n) is 8.50. The molecule has 0 fully saturated rings. The van der Waals surface area contributed by atoms with E-state index in [2.05, 4.69) is 76.7 Å². The Kier molecular flexibility index (Phi) is 8.37. The zero-order valence-corrected chi connectivity index (χ0v) is 32.6. The summed E-state index contributed by atoms with van der Waals surface area (Å²) in [6, 6.07) is 38.7. The zero-order valence-electron chi connectivity index (χ0n) is 32.6. The van der Waals surface area contributed by atoms with Gasteiger partial charge < -0.3 is 33.7 Å². The van der Waals surface area contributed by atoms with Crippen molar-refractivity contribution in [3.8, 4) is 73.3 Å². The number of rotatable bonds is 8. The van der Waals surface area contributed by atoms with Gasteiger partial charge in [0.25, 0.3) is 0 Å². The van der Waals surface area contributed by atoms with Gasteiger partial charge in [-0.1, -0.05) is 54.6 Å². The van der Waals surface area contributed by atoms with Crippen LogP contribution in [0.3, 0.4) is 0 Å². The van der Waals surface area contributed by atoms with Crippen molar-refractivity contribution in [2.24, 2.45) is 4.99 Å². The van der Waals surface area contributed by atoms with Crippen molar-refractivity contribution in [1.29, 1.82) is 0 Å². The third-order valence-electron chi connectivity index (χ3n) is 11.1. The molecule has 1 aliphatic carbocycles. The minimum Gasteiger partial charge on any atom is -0.497 e. The van der Waals surface area contributed by atoms with E-state index in [0.717, 1.165) is 118 Å². The van der Waals surface area contributed by atoms with E-state index in [9.17, 15) is 0 Å². The Labute approximate surface area is 334 Å². The smallest absolute Gasteiger partial charge is 0.132 e. The molecule has 2 aliphatic heterocycles. The molecule has 0 unspecified atom stereocenters. The van der Waals surface area contributed by atoms with Crippen LogP contribution in [0.2, 0.25) is 0 Å². The number of fused-ring (bicyclic) bond motifs is 11. The molecule has 3 aliphatic rings. The third-order valence-corrected chi connectivity index (χ3v) is 11.1. The fraction of sp³-hybridized carbons (Fsp3) is 0.102. The van der Waals surface area contributed by atoms with Crippen molar-refractivity contribution in [3.05, 3.63) is 138 Å². The molecule has 2 N–H and O–H groups in total. The Hall–Kier alpha value is -7.52. The normalized spacial score (nSPS) is 12.3. The number of para-hydroxylation sites is 3. The van der Waals surface area contributed by atoms with Crippen molar-refractivity contribution < 1.29 is 23.7 Å². The van der Waals surface area contributed by atoms with Crippen LogP contribution in [0.5, 0.6) is 28.7 Å². The molecule has 0 saturated heterocycles. The van der Waals surface area contributed by atoms with Gasteiger partial charge in [0.05, 0.1) is 63.9 Å². The standard InChI is InChI=1S/C49H38N4O5/c1-54-27-24-31-44-32-26-39(53-49(32)48(31)43(25-27)58-5)47(30-14-8-11-17-42(30)57-4)38-23-22-37(52-38)46(29-13-7-10-16-41(29)56-3)36-21-20-35(51-36)45(34-19-18-33(44)50-34)28-12-6-9-15-40(28)55-2/h6-26,50,52H,1-5H3. The summed E-state index contributed by atoms with van der Waals surface area (Å²) in [7, 11) is 8.43. The molecule has 5 heterocycles. The Balaban J connectivity index is 1.44. The molecule has 4 aromatic carbocycles. The highest BCUT2D eigenvalue weighted by Gasteiger charge is 2.34. The molecule has 284 valence electrons. The highest BCUT2D eigenvalue weighted by molar-refractivity contribution is 6.30. The van der Waals surface area contributed by atoms with E-state index in [-0.39, 0.29) is 0 Å². The first-order valence-electron chi connectivity index (χ1n) is 18.9. The predicted molar refractivity (Wildman–Crippen MR) is 232 cm³/mol. The van der Waals surface area contributed by atoms with Crippen molar-refractivity contribution in [2.45, 2.75) is 0 Å². The van der Waals surface area contributed by atoms with Gasteiger partial charge in [0.2, 0.25) is 0 Å². The largest absolute Gasteiger partial charge is 0.497 e. The summed E-state index contributed by atoms with van der Waals surface area (Å²) >= 11 is 0. The molecule has 58 heavy (non-hydrogen) atoms. The molecule has 3 aromatic heterocycles. The van der Waals surface area contributed by atoms with E-state index >= 15 is 0 Å². The monoisotopic (exact) mass is 762 g/mol. The van der Waals surface area contributed by atoms with Crippen LogP contribution in [0.25, 0.3) is 78.7 Å². The highest BCUT2D eigenvalue weighted by Crippen LogP contribution is 2.51. The number of aliphatic imine (C=N–C) groups is 1. The minimum atomic E-state index is 0.670. The van der Waals surface area contributed by atoms with E-state index in [1.165, 1.54) is 0 Å². The van der Waals surface area contributed by atoms with Gasteiger partial charge in [0.15, 0.2) is 0 Å². The van der Waals surface area contributed by atoms with E-state index in [0.29, 0.717) is 11.5 Å². The Bertz CT molecular complexity index is 3060. The van der Waals surface area contributed by atoms with E-state index < -0.39 is 0 Å². The molecule has 0 saturated carbocycles. The van der Waals surface area contributed by atoms with Gasteiger partial charge in [-0.15, -0.1) is 0 Å².